The van der Waals surface area contributed by atoms with Crippen LogP contribution in [0.3, 0.4) is 0 Å². The SMILES string of the molecule is C=C1[C@@]2(O)CCCC[C@@H]2C[N+]1(C)C.[Cl-]. The van der Waals surface area contributed by atoms with Crippen molar-refractivity contribution in [1.29, 1.82) is 0 Å². The second kappa shape index (κ2) is 3.51. The first-order chi connectivity index (χ1) is 5.97. The Morgan fingerprint density at radius 2 is 2.07 bits per heavy atom. The number of hydrogen-bond acceptors (Lipinski definition) is 1. The standard InChI is InChI=1S/C11H20NO.ClH/c1-9-11(13)7-5-4-6-10(11)8-12(9,2)3;/h10,13H,1,4-8H2,2-3H3;1H/q+1;/p-1/t10-,11+;/m1./s1. The van der Waals surface area contributed by atoms with Gasteiger partial charge in [-0.3, -0.25) is 4.48 Å². The molecular weight excluding hydrogens is 198 g/mol. The summed E-state index contributed by atoms with van der Waals surface area (Å²) in [4.78, 5) is 0. The molecule has 2 aliphatic rings. The van der Waals surface area contributed by atoms with E-state index in [0.29, 0.717) is 5.92 Å². The van der Waals surface area contributed by atoms with Gasteiger partial charge in [-0.15, -0.1) is 0 Å². The molecule has 1 saturated carbocycles. The summed E-state index contributed by atoms with van der Waals surface area (Å²) in [6.07, 6.45) is 4.54. The molecule has 2 rings (SSSR count). The maximum absolute atomic E-state index is 10.5. The second-order valence-corrected chi connectivity index (χ2v) is 5.18. The highest BCUT2D eigenvalue weighted by molar-refractivity contribution is 5.14. The van der Waals surface area contributed by atoms with Gasteiger partial charge in [0.2, 0.25) is 0 Å². The van der Waals surface area contributed by atoms with E-state index in [9.17, 15) is 5.11 Å². The molecule has 0 radical (unpaired) electrons. The van der Waals surface area contributed by atoms with Gasteiger partial charge in [-0.2, -0.15) is 0 Å². The first-order valence-corrected chi connectivity index (χ1v) is 5.22. The smallest absolute Gasteiger partial charge is 0.146 e. The van der Waals surface area contributed by atoms with Crippen molar-refractivity contribution in [1.82, 2.24) is 0 Å². The van der Waals surface area contributed by atoms with Crippen LogP contribution >= 0.6 is 0 Å². The molecule has 2 fully saturated rings. The monoisotopic (exact) mass is 217 g/mol. The molecular formula is C11H20ClNO. The van der Waals surface area contributed by atoms with Gasteiger partial charge >= 0.3 is 0 Å². The molecule has 0 aromatic carbocycles. The zero-order valence-electron chi connectivity index (χ0n) is 9.09. The molecule has 0 bridgehead atoms. The molecule has 0 aromatic rings. The van der Waals surface area contributed by atoms with Crippen molar-refractivity contribution in [3.8, 4) is 0 Å². The Balaban J connectivity index is 0.000000980. The van der Waals surface area contributed by atoms with Crippen molar-refractivity contribution in [2.75, 3.05) is 20.6 Å². The van der Waals surface area contributed by atoms with E-state index >= 15 is 0 Å². The summed E-state index contributed by atoms with van der Waals surface area (Å²) in [6.45, 7) is 5.15. The quantitative estimate of drug-likeness (QED) is 0.491. The molecule has 1 aliphatic heterocycles. The predicted octanol–water partition coefficient (Wildman–Crippen LogP) is -1.48. The number of fused-ring (bicyclic) bond motifs is 1. The number of hydrogen-bond donors (Lipinski definition) is 1. The molecule has 1 aliphatic carbocycles. The van der Waals surface area contributed by atoms with E-state index in [1.165, 1.54) is 12.8 Å². The van der Waals surface area contributed by atoms with E-state index in [-0.39, 0.29) is 12.4 Å². The van der Waals surface area contributed by atoms with E-state index in [2.05, 4.69) is 20.7 Å². The lowest BCUT2D eigenvalue weighted by Crippen LogP contribution is -3.00. The first-order valence-electron chi connectivity index (χ1n) is 5.22. The first kappa shape index (κ1) is 12.0. The highest BCUT2D eigenvalue weighted by atomic mass is 35.5. The molecule has 82 valence electrons. The van der Waals surface area contributed by atoms with E-state index in [1.54, 1.807) is 0 Å². The van der Waals surface area contributed by atoms with Crippen LogP contribution in [0.25, 0.3) is 0 Å². The van der Waals surface area contributed by atoms with Crippen LogP contribution in [0.15, 0.2) is 12.3 Å². The molecule has 0 spiro atoms. The number of likely N-dealkylation sites (N-methyl/N-ethyl adjacent to an activating group) is 1. The Bertz CT molecular complexity index is 252. The minimum atomic E-state index is -0.540. The lowest BCUT2D eigenvalue weighted by atomic mass is 9.76. The van der Waals surface area contributed by atoms with E-state index < -0.39 is 5.60 Å². The van der Waals surface area contributed by atoms with Crippen LogP contribution in [-0.2, 0) is 0 Å². The predicted molar refractivity (Wildman–Crippen MR) is 53.0 cm³/mol. The van der Waals surface area contributed by atoms with Crippen LogP contribution in [0.2, 0.25) is 0 Å². The molecule has 0 aromatic heterocycles. The highest BCUT2D eigenvalue weighted by Crippen LogP contribution is 2.47. The van der Waals surface area contributed by atoms with Gasteiger partial charge < -0.3 is 17.5 Å². The van der Waals surface area contributed by atoms with Crippen molar-refractivity contribution in [2.45, 2.75) is 31.3 Å². The Hall–Kier alpha value is -0.0500. The van der Waals surface area contributed by atoms with Crippen LogP contribution in [0, 0.1) is 5.92 Å². The number of halogens is 1. The van der Waals surface area contributed by atoms with E-state index in [1.807, 2.05) is 0 Å². The van der Waals surface area contributed by atoms with Crippen LogP contribution in [0.1, 0.15) is 25.7 Å². The summed E-state index contributed by atoms with van der Waals surface area (Å²) in [5.41, 5.74) is 0.485. The normalized spacial score (nSPS) is 40.2. The van der Waals surface area contributed by atoms with Gasteiger partial charge in [-0.25, -0.2) is 0 Å². The van der Waals surface area contributed by atoms with Gasteiger partial charge in [0, 0.05) is 5.92 Å². The number of quaternary nitrogens is 1. The van der Waals surface area contributed by atoms with Gasteiger partial charge in [0.25, 0.3) is 0 Å². The summed E-state index contributed by atoms with van der Waals surface area (Å²) in [7, 11) is 4.30. The van der Waals surface area contributed by atoms with E-state index in [4.69, 9.17) is 0 Å². The molecule has 2 atom stereocenters. The molecule has 0 amide bonds. The van der Waals surface area contributed by atoms with E-state index in [0.717, 1.165) is 29.6 Å². The largest absolute Gasteiger partial charge is 1.00 e. The van der Waals surface area contributed by atoms with Gasteiger partial charge in [0.1, 0.15) is 11.3 Å². The number of aliphatic hydroxyl groups is 1. The van der Waals surface area contributed by atoms with Crippen LogP contribution in [0.4, 0.5) is 0 Å². The van der Waals surface area contributed by atoms with Crippen molar-refractivity contribution in [3.63, 3.8) is 0 Å². The molecule has 14 heavy (non-hydrogen) atoms. The molecule has 1 heterocycles. The fraction of sp³-hybridized carbons (Fsp3) is 0.818. The third-order valence-electron chi connectivity index (χ3n) is 3.94. The Morgan fingerprint density at radius 1 is 1.43 bits per heavy atom. The Kier molecular flexibility index (Phi) is 3.01. The molecule has 3 heteroatoms. The second-order valence-electron chi connectivity index (χ2n) is 5.18. The molecule has 0 unspecified atom stereocenters. The van der Waals surface area contributed by atoms with Crippen molar-refractivity contribution in [2.24, 2.45) is 5.92 Å². The summed E-state index contributed by atoms with van der Waals surface area (Å²) in [5, 5.41) is 10.5. The van der Waals surface area contributed by atoms with Crippen molar-refractivity contribution >= 4 is 0 Å². The summed E-state index contributed by atoms with van der Waals surface area (Å²) in [6, 6.07) is 0. The minimum Gasteiger partial charge on any atom is -1.00 e. The minimum absolute atomic E-state index is 0. The molecule has 1 N–H and O–H groups in total. The Labute approximate surface area is 92.6 Å². The third kappa shape index (κ3) is 1.50. The van der Waals surface area contributed by atoms with Crippen molar-refractivity contribution < 1.29 is 22.0 Å². The molecule has 1 saturated heterocycles. The summed E-state index contributed by atoms with van der Waals surface area (Å²) in [5.74, 6) is 0.462. The fourth-order valence-corrected chi connectivity index (χ4v) is 3.04. The zero-order chi connectivity index (χ0) is 9.69. The number of rotatable bonds is 0. The highest BCUT2D eigenvalue weighted by Gasteiger charge is 2.55. The summed E-state index contributed by atoms with van der Waals surface area (Å²) < 4.78 is 0.807. The van der Waals surface area contributed by atoms with Gasteiger partial charge in [0.15, 0.2) is 0 Å². The lowest BCUT2D eigenvalue weighted by molar-refractivity contribution is -0.845. The molecule has 2 nitrogen and oxygen atoms in total. The zero-order valence-corrected chi connectivity index (χ0v) is 9.85. The van der Waals surface area contributed by atoms with Crippen molar-refractivity contribution in [3.05, 3.63) is 12.3 Å². The average molecular weight is 218 g/mol. The summed E-state index contributed by atoms with van der Waals surface area (Å²) >= 11 is 0. The van der Waals surface area contributed by atoms with Gasteiger partial charge in [-0.1, -0.05) is 6.42 Å². The number of nitrogens with zero attached hydrogens (tertiary/aromatic N) is 1. The van der Waals surface area contributed by atoms with Crippen LogP contribution in [-0.4, -0.2) is 35.8 Å². The van der Waals surface area contributed by atoms with Crippen LogP contribution < -0.4 is 12.4 Å². The lowest BCUT2D eigenvalue weighted by Gasteiger charge is -2.32. The third-order valence-corrected chi connectivity index (χ3v) is 3.94. The fourth-order valence-electron chi connectivity index (χ4n) is 3.04. The maximum Gasteiger partial charge on any atom is 0.146 e. The van der Waals surface area contributed by atoms with Crippen LogP contribution in [0.5, 0.6) is 0 Å². The maximum atomic E-state index is 10.5. The van der Waals surface area contributed by atoms with Gasteiger partial charge in [-0.05, 0) is 25.8 Å². The Morgan fingerprint density at radius 3 is 2.64 bits per heavy atom. The van der Waals surface area contributed by atoms with Gasteiger partial charge in [0.05, 0.1) is 20.6 Å². The topological polar surface area (TPSA) is 20.2 Å². The number of likely N-dealkylation sites (tertiary alicyclic amines) is 1. The average Bonchev–Trinajstić information content (AvgIpc) is 2.24.